The van der Waals surface area contributed by atoms with Gasteiger partial charge in [0.2, 0.25) is 5.91 Å². The monoisotopic (exact) mass is 236 g/mol. The van der Waals surface area contributed by atoms with Crippen molar-refractivity contribution in [2.45, 2.75) is 13.3 Å². The summed E-state index contributed by atoms with van der Waals surface area (Å²) in [5, 5.41) is 13.9. The molecular weight excluding hydrogens is 220 g/mol. The summed E-state index contributed by atoms with van der Waals surface area (Å²) >= 11 is 0. The van der Waals surface area contributed by atoms with E-state index in [1.165, 1.54) is 0 Å². The number of carbonyl (C=O) groups excluding carboxylic acids is 1. The fraction of sp³-hybridized carbons (Fsp3) is 0.333. The maximum absolute atomic E-state index is 11.5. The third-order valence-electron chi connectivity index (χ3n) is 2.22. The number of carboxylic acid groups (broad SMARTS) is 1. The lowest BCUT2D eigenvalue weighted by Crippen LogP contribution is -2.29. The van der Waals surface area contributed by atoms with E-state index in [-0.39, 0.29) is 25.4 Å². The minimum atomic E-state index is -0.878. The first-order valence-electron chi connectivity index (χ1n) is 5.37. The van der Waals surface area contributed by atoms with Gasteiger partial charge < -0.3 is 15.7 Å². The Labute approximate surface area is 99.8 Å². The molecule has 0 aromatic heterocycles. The van der Waals surface area contributed by atoms with Crippen LogP contribution in [-0.4, -0.2) is 30.1 Å². The van der Waals surface area contributed by atoms with Crippen molar-refractivity contribution in [2.24, 2.45) is 0 Å². The van der Waals surface area contributed by atoms with E-state index in [1.807, 2.05) is 31.2 Å². The van der Waals surface area contributed by atoms with Crippen LogP contribution in [0.2, 0.25) is 0 Å². The lowest BCUT2D eigenvalue weighted by Gasteiger charge is -2.08. The molecule has 0 aliphatic rings. The van der Waals surface area contributed by atoms with Crippen molar-refractivity contribution in [1.29, 1.82) is 0 Å². The molecule has 92 valence electrons. The standard InChI is InChI=1S/C12H16N2O3/c1-9-4-2-3-5-10(9)14-11(15)8-13-7-6-12(16)17/h2-5,13H,6-8H2,1H3,(H,14,15)(H,16,17). The fourth-order valence-electron chi connectivity index (χ4n) is 1.30. The molecule has 5 heteroatoms. The minimum absolute atomic E-state index is 0.0116. The highest BCUT2D eigenvalue weighted by molar-refractivity contribution is 5.92. The Bertz CT molecular complexity index is 404. The zero-order chi connectivity index (χ0) is 12.7. The van der Waals surface area contributed by atoms with Crippen LogP contribution >= 0.6 is 0 Å². The molecule has 1 amide bonds. The van der Waals surface area contributed by atoms with Crippen molar-refractivity contribution in [3.8, 4) is 0 Å². The van der Waals surface area contributed by atoms with Crippen LogP contribution in [0.15, 0.2) is 24.3 Å². The van der Waals surface area contributed by atoms with Gasteiger partial charge in [-0.05, 0) is 18.6 Å². The SMILES string of the molecule is Cc1ccccc1NC(=O)CNCCC(=O)O. The van der Waals surface area contributed by atoms with Crippen LogP contribution in [0, 0.1) is 6.92 Å². The molecular formula is C12H16N2O3. The second-order valence-electron chi connectivity index (χ2n) is 3.68. The van der Waals surface area contributed by atoms with Gasteiger partial charge in [0.1, 0.15) is 0 Å². The second kappa shape index (κ2) is 6.65. The van der Waals surface area contributed by atoms with Gasteiger partial charge in [-0.1, -0.05) is 18.2 Å². The number of amides is 1. The molecule has 0 spiro atoms. The van der Waals surface area contributed by atoms with Gasteiger partial charge in [-0.3, -0.25) is 9.59 Å². The third kappa shape index (κ3) is 5.12. The predicted octanol–water partition coefficient (Wildman–Crippen LogP) is 0.998. The number of carboxylic acids is 1. The van der Waals surface area contributed by atoms with Crippen molar-refractivity contribution >= 4 is 17.6 Å². The number of carbonyl (C=O) groups is 2. The number of anilines is 1. The molecule has 0 bridgehead atoms. The summed E-state index contributed by atoms with van der Waals surface area (Å²) in [5.74, 6) is -1.05. The van der Waals surface area contributed by atoms with Gasteiger partial charge in [0.15, 0.2) is 0 Å². The van der Waals surface area contributed by atoms with Gasteiger partial charge in [-0.25, -0.2) is 0 Å². The molecule has 1 aromatic carbocycles. The molecule has 17 heavy (non-hydrogen) atoms. The summed E-state index contributed by atoms with van der Waals surface area (Å²) in [6.07, 6.45) is 0.0116. The molecule has 1 rings (SSSR count). The molecule has 0 saturated heterocycles. The molecule has 0 saturated carbocycles. The van der Waals surface area contributed by atoms with Crippen molar-refractivity contribution in [2.75, 3.05) is 18.4 Å². The number of hydrogen-bond acceptors (Lipinski definition) is 3. The smallest absolute Gasteiger partial charge is 0.304 e. The summed E-state index contributed by atoms with van der Waals surface area (Å²) in [6.45, 7) is 2.31. The maximum atomic E-state index is 11.5. The minimum Gasteiger partial charge on any atom is -0.481 e. The lowest BCUT2D eigenvalue weighted by atomic mass is 10.2. The van der Waals surface area contributed by atoms with E-state index >= 15 is 0 Å². The van der Waals surface area contributed by atoms with Crippen molar-refractivity contribution in [1.82, 2.24) is 5.32 Å². The van der Waals surface area contributed by atoms with Crippen LogP contribution in [-0.2, 0) is 9.59 Å². The second-order valence-corrected chi connectivity index (χ2v) is 3.68. The largest absolute Gasteiger partial charge is 0.481 e. The Balaban J connectivity index is 2.30. The van der Waals surface area contributed by atoms with Gasteiger partial charge >= 0.3 is 5.97 Å². The van der Waals surface area contributed by atoms with E-state index < -0.39 is 5.97 Å². The van der Waals surface area contributed by atoms with Gasteiger partial charge in [0, 0.05) is 12.2 Å². The number of nitrogens with one attached hydrogen (secondary N) is 2. The summed E-state index contributed by atoms with van der Waals surface area (Å²) in [5.41, 5.74) is 1.77. The van der Waals surface area contributed by atoms with E-state index in [1.54, 1.807) is 0 Å². The summed E-state index contributed by atoms with van der Waals surface area (Å²) in [7, 11) is 0. The number of hydrogen-bond donors (Lipinski definition) is 3. The molecule has 5 nitrogen and oxygen atoms in total. The lowest BCUT2D eigenvalue weighted by molar-refractivity contribution is -0.137. The molecule has 1 aromatic rings. The fourth-order valence-corrected chi connectivity index (χ4v) is 1.30. The van der Waals surface area contributed by atoms with Crippen molar-refractivity contribution < 1.29 is 14.7 Å². The highest BCUT2D eigenvalue weighted by atomic mass is 16.4. The number of para-hydroxylation sites is 1. The first-order valence-corrected chi connectivity index (χ1v) is 5.37. The van der Waals surface area contributed by atoms with Gasteiger partial charge in [0.25, 0.3) is 0 Å². The Morgan fingerprint density at radius 1 is 1.29 bits per heavy atom. The van der Waals surface area contributed by atoms with Crippen LogP contribution < -0.4 is 10.6 Å². The number of rotatable bonds is 6. The highest BCUT2D eigenvalue weighted by Gasteiger charge is 2.04. The zero-order valence-electron chi connectivity index (χ0n) is 9.69. The number of benzene rings is 1. The third-order valence-corrected chi connectivity index (χ3v) is 2.22. The van der Waals surface area contributed by atoms with Gasteiger partial charge in [-0.15, -0.1) is 0 Å². The summed E-state index contributed by atoms with van der Waals surface area (Å²) in [6, 6.07) is 7.48. The molecule has 0 radical (unpaired) electrons. The quantitative estimate of drug-likeness (QED) is 0.644. The van der Waals surface area contributed by atoms with Crippen LogP contribution in [0.3, 0.4) is 0 Å². The van der Waals surface area contributed by atoms with E-state index in [0.717, 1.165) is 11.3 Å². The van der Waals surface area contributed by atoms with E-state index in [2.05, 4.69) is 10.6 Å². The topological polar surface area (TPSA) is 78.4 Å². The average Bonchev–Trinajstić information content (AvgIpc) is 2.27. The summed E-state index contributed by atoms with van der Waals surface area (Å²) < 4.78 is 0. The Morgan fingerprint density at radius 2 is 2.00 bits per heavy atom. The molecule has 0 atom stereocenters. The van der Waals surface area contributed by atoms with Crippen LogP contribution in [0.1, 0.15) is 12.0 Å². The first-order chi connectivity index (χ1) is 8.09. The normalized spacial score (nSPS) is 9.94. The molecule has 0 aliphatic carbocycles. The van der Waals surface area contributed by atoms with Crippen LogP contribution in [0.25, 0.3) is 0 Å². The Hall–Kier alpha value is -1.88. The van der Waals surface area contributed by atoms with E-state index in [9.17, 15) is 9.59 Å². The van der Waals surface area contributed by atoms with Crippen LogP contribution in [0.5, 0.6) is 0 Å². The molecule has 3 N–H and O–H groups in total. The Morgan fingerprint density at radius 3 is 2.65 bits per heavy atom. The Kier molecular flexibility index (Phi) is 5.16. The molecule has 0 aliphatic heterocycles. The highest BCUT2D eigenvalue weighted by Crippen LogP contribution is 2.12. The molecule has 0 fully saturated rings. The number of aliphatic carboxylic acids is 1. The predicted molar refractivity (Wildman–Crippen MR) is 64.9 cm³/mol. The van der Waals surface area contributed by atoms with Crippen molar-refractivity contribution in [3.63, 3.8) is 0 Å². The summed E-state index contributed by atoms with van der Waals surface area (Å²) in [4.78, 5) is 21.7. The average molecular weight is 236 g/mol. The first kappa shape index (κ1) is 13.2. The molecule has 0 unspecified atom stereocenters. The van der Waals surface area contributed by atoms with Gasteiger partial charge in [0.05, 0.1) is 13.0 Å². The number of aryl methyl sites for hydroxylation is 1. The van der Waals surface area contributed by atoms with Crippen molar-refractivity contribution in [3.05, 3.63) is 29.8 Å². The molecule has 0 heterocycles. The maximum Gasteiger partial charge on any atom is 0.304 e. The zero-order valence-corrected chi connectivity index (χ0v) is 9.69. The van der Waals surface area contributed by atoms with Gasteiger partial charge in [-0.2, -0.15) is 0 Å². The van der Waals surface area contributed by atoms with E-state index in [0.29, 0.717) is 0 Å². The van der Waals surface area contributed by atoms with Crippen LogP contribution in [0.4, 0.5) is 5.69 Å². The van der Waals surface area contributed by atoms with E-state index in [4.69, 9.17) is 5.11 Å².